The minimum Gasteiger partial charge on any atom is -0.387 e. The van der Waals surface area contributed by atoms with Crippen LogP contribution in [-0.4, -0.2) is 11.7 Å². The van der Waals surface area contributed by atoms with Crippen molar-refractivity contribution in [2.24, 2.45) is 15.7 Å². The zero-order valence-electron chi connectivity index (χ0n) is 13.5. The highest BCUT2D eigenvalue weighted by Crippen LogP contribution is 2.15. The summed E-state index contributed by atoms with van der Waals surface area (Å²) in [6, 6.07) is 16.6. The van der Waals surface area contributed by atoms with E-state index in [1.165, 1.54) is 5.56 Å². The van der Waals surface area contributed by atoms with Crippen LogP contribution in [0.4, 0.5) is 0 Å². The Morgan fingerprint density at radius 1 is 1.05 bits per heavy atom. The van der Waals surface area contributed by atoms with E-state index in [2.05, 4.69) is 54.2 Å². The Morgan fingerprint density at radius 3 is 2.41 bits per heavy atom. The van der Waals surface area contributed by atoms with E-state index in [1.807, 2.05) is 18.2 Å². The minimum absolute atomic E-state index is 0.521. The molecule has 3 nitrogen and oxygen atoms in total. The first-order chi connectivity index (χ1) is 10.6. The lowest BCUT2D eigenvalue weighted by Gasteiger charge is -2.09. The molecule has 0 saturated heterocycles. The summed E-state index contributed by atoms with van der Waals surface area (Å²) in [4.78, 5) is 9.13. The molecule has 0 bridgehead atoms. The Labute approximate surface area is 132 Å². The Morgan fingerprint density at radius 2 is 1.77 bits per heavy atom. The van der Waals surface area contributed by atoms with Crippen LogP contribution in [-0.2, 0) is 13.0 Å². The fraction of sp³-hybridized carbons (Fsp3) is 0.263. The first kappa shape index (κ1) is 16.0. The molecule has 0 spiro atoms. The van der Waals surface area contributed by atoms with Gasteiger partial charge in [-0.25, -0.2) is 4.99 Å². The Hall–Kier alpha value is -2.42. The summed E-state index contributed by atoms with van der Waals surface area (Å²) in [5.41, 5.74) is 10.4. The van der Waals surface area contributed by atoms with Gasteiger partial charge in [0.25, 0.3) is 0 Å². The molecule has 0 fully saturated rings. The lowest BCUT2D eigenvalue weighted by atomic mass is 10.0. The van der Waals surface area contributed by atoms with Gasteiger partial charge in [0.2, 0.25) is 0 Å². The molecule has 0 heterocycles. The van der Waals surface area contributed by atoms with Crippen LogP contribution in [0.1, 0.15) is 36.1 Å². The molecule has 2 aromatic rings. The molecule has 0 aliphatic rings. The van der Waals surface area contributed by atoms with E-state index < -0.39 is 0 Å². The first-order valence-electron chi connectivity index (χ1n) is 7.59. The summed E-state index contributed by atoms with van der Waals surface area (Å²) in [6.45, 7) is 6.61. The van der Waals surface area contributed by atoms with Crippen LogP contribution in [0.15, 0.2) is 58.5 Å². The number of nitrogens with two attached hydrogens (primary N) is 1. The van der Waals surface area contributed by atoms with Crippen molar-refractivity contribution in [2.45, 2.75) is 33.7 Å². The van der Waals surface area contributed by atoms with Gasteiger partial charge in [0.05, 0.1) is 12.4 Å². The van der Waals surface area contributed by atoms with E-state index in [4.69, 9.17) is 5.73 Å². The van der Waals surface area contributed by atoms with Gasteiger partial charge in [0.15, 0.2) is 5.84 Å². The maximum absolute atomic E-state index is 5.79. The van der Waals surface area contributed by atoms with Crippen LogP contribution < -0.4 is 5.73 Å². The molecule has 0 aliphatic carbocycles. The van der Waals surface area contributed by atoms with Crippen molar-refractivity contribution in [2.75, 3.05) is 0 Å². The van der Waals surface area contributed by atoms with Gasteiger partial charge >= 0.3 is 0 Å². The van der Waals surface area contributed by atoms with E-state index in [1.54, 1.807) is 6.92 Å². The molecule has 0 atom stereocenters. The topological polar surface area (TPSA) is 50.7 Å². The molecule has 114 valence electrons. The molecule has 0 aliphatic heterocycles. The zero-order chi connectivity index (χ0) is 15.9. The molecule has 0 radical (unpaired) electrons. The number of aliphatic imine (C=N–C) groups is 2. The van der Waals surface area contributed by atoms with Crippen LogP contribution >= 0.6 is 0 Å². The highest BCUT2D eigenvalue weighted by Gasteiger charge is 2.07. The third-order valence-electron chi connectivity index (χ3n) is 3.49. The zero-order valence-corrected chi connectivity index (χ0v) is 13.5. The highest BCUT2D eigenvalue weighted by atomic mass is 15.0. The molecule has 3 heteroatoms. The second-order valence-corrected chi connectivity index (χ2v) is 5.38. The third kappa shape index (κ3) is 4.29. The lowest BCUT2D eigenvalue weighted by molar-refractivity contribution is 1.06. The minimum atomic E-state index is 0.521. The molecule has 2 N–H and O–H groups in total. The average molecular weight is 293 g/mol. The van der Waals surface area contributed by atoms with E-state index in [9.17, 15) is 0 Å². The first-order valence-corrected chi connectivity index (χ1v) is 7.59. The largest absolute Gasteiger partial charge is 0.387 e. The number of amidine groups is 2. The van der Waals surface area contributed by atoms with Crippen molar-refractivity contribution < 1.29 is 0 Å². The Balaban J connectivity index is 2.40. The molecule has 22 heavy (non-hydrogen) atoms. The quantitative estimate of drug-likeness (QED) is 0.675. The number of aryl methyl sites for hydroxylation is 2. The van der Waals surface area contributed by atoms with Crippen LogP contribution in [0.5, 0.6) is 0 Å². The van der Waals surface area contributed by atoms with E-state index in [0.29, 0.717) is 18.2 Å². The molecular formula is C19H23N3. The fourth-order valence-electron chi connectivity index (χ4n) is 2.23. The summed E-state index contributed by atoms with van der Waals surface area (Å²) >= 11 is 0. The van der Waals surface area contributed by atoms with Crippen LogP contribution in [0.25, 0.3) is 0 Å². The third-order valence-corrected chi connectivity index (χ3v) is 3.49. The molecule has 0 saturated carbocycles. The maximum atomic E-state index is 5.79. The summed E-state index contributed by atoms with van der Waals surface area (Å²) in [7, 11) is 0. The van der Waals surface area contributed by atoms with Gasteiger partial charge in [-0.2, -0.15) is 0 Å². The standard InChI is InChI=1S/C19H23N3/c1-4-16-11-10-14(2)18(12-16)19(22-15(3)20)21-13-17-8-6-5-7-9-17/h5-12H,4,13H2,1-3H3,(H2,20,21,22). The van der Waals surface area contributed by atoms with E-state index in [-0.39, 0.29) is 0 Å². The van der Waals surface area contributed by atoms with E-state index >= 15 is 0 Å². The second kappa shape index (κ2) is 7.55. The van der Waals surface area contributed by atoms with Gasteiger partial charge in [0.1, 0.15) is 0 Å². The van der Waals surface area contributed by atoms with Gasteiger partial charge < -0.3 is 5.73 Å². The maximum Gasteiger partial charge on any atom is 0.157 e. The fourth-order valence-corrected chi connectivity index (χ4v) is 2.23. The molecule has 0 aromatic heterocycles. The normalized spacial score (nSPS) is 12.5. The Bertz CT molecular complexity index is 681. The van der Waals surface area contributed by atoms with Crippen molar-refractivity contribution in [1.82, 2.24) is 0 Å². The van der Waals surface area contributed by atoms with E-state index in [0.717, 1.165) is 23.1 Å². The van der Waals surface area contributed by atoms with Gasteiger partial charge in [-0.1, -0.05) is 49.4 Å². The van der Waals surface area contributed by atoms with Crippen molar-refractivity contribution in [1.29, 1.82) is 0 Å². The SMILES string of the molecule is CCc1ccc(C)c(C(N=C(C)N)=NCc2ccccc2)c1. The number of rotatable bonds is 4. The molecule has 2 aromatic carbocycles. The summed E-state index contributed by atoms with van der Waals surface area (Å²) < 4.78 is 0. The van der Waals surface area contributed by atoms with Gasteiger partial charge in [-0.15, -0.1) is 0 Å². The molecule has 2 rings (SSSR count). The van der Waals surface area contributed by atoms with Crippen molar-refractivity contribution >= 4 is 11.7 Å². The number of hydrogen-bond acceptors (Lipinski definition) is 1. The smallest absolute Gasteiger partial charge is 0.157 e. The van der Waals surface area contributed by atoms with Gasteiger partial charge in [0, 0.05) is 5.56 Å². The van der Waals surface area contributed by atoms with Crippen molar-refractivity contribution in [3.05, 3.63) is 70.8 Å². The summed E-state index contributed by atoms with van der Waals surface area (Å²) in [6.07, 6.45) is 0.991. The monoisotopic (exact) mass is 293 g/mol. The summed E-state index contributed by atoms with van der Waals surface area (Å²) in [5, 5.41) is 0. The molecular weight excluding hydrogens is 270 g/mol. The predicted molar refractivity (Wildman–Crippen MR) is 94.5 cm³/mol. The van der Waals surface area contributed by atoms with Crippen molar-refractivity contribution in [3.63, 3.8) is 0 Å². The van der Waals surface area contributed by atoms with Crippen LogP contribution in [0.2, 0.25) is 0 Å². The average Bonchev–Trinajstić information content (AvgIpc) is 2.53. The van der Waals surface area contributed by atoms with Gasteiger partial charge in [-0.05, 0) is 43.0 Å². The molecule has 0 amide bonds. The number of hydrogen-bond donors (Lipinski definition) is 1. The second-order valence-electron chi connectivity index (χ2n) is 5.38. The predicted octanol–water partition coefficient (Wildman–Crippen LogP) is 3.88. The highest BCUT2D eigenvalue weighted by molar-refractivity contribution is 6.06. The lowest BCUT2D eigenvalue weighted by Crippen LogP contribution is -2.11. The molecule has 0 unspecified atom stereocenters. The van der Waals surface area contributed by atoms with Crippen LogP contribution in [0.3, 0.4) is 0 Å². The van der Waals surface area contributed by atoms with Gasteiger partial charge in [-0.3, -0.25) is 4.99 Å². The Kier molecular flexibility index (Phi) is 5.48. The van der Waals surface area contributed by atoms with Crippen LogP contribution in [0, 0.1) is 6.92 Å². The summed E-state index contributed by atoms with van der Waals surface area (Å²) in [5.74, 6) is 1.23. The number of nitrogens with zero attached hydrogens (tertiary/aromatic N) is 2. The van der Waals surface area contributed by atoms with Crippen molar-refractivity contribution in [3.8, 4) is 0 Å². The number of benzene rings is 2.